The minimum atomic E-state index is -0.103. The number of fused-ring (bicyclic) bond motifs is 1. The highest BCUT2D eigenvalue weighted by Gasteiger charge is 2.29. The third-order valence-corrected chi connectivity index (χ3v) is 5.97. The summed E-state index contributed by atoms with van der Waals surface area (Å²) in [5.74, 6) is -0.0323. The summed E-state index contributed by atoms with van der Waals surface area (Å²) in [6, 6.07) is 0.339. The fraction of sp³-hybridized carbons (Fsp3) is 0.611. The minimum absolute atomic E-state index is 0.0703. The highest BCUT2D eigenvalue weighted by Crippen LogP contribution is 2.26. The summed E-state index contributed by atoms with van der Waals surface area (Å²) in [7, 11) is 0. The van der Waals surface area contributed by atoms with Crippen LogP contribution in [0.3, 0.4) is 0 Å². The maximum atomic E-state index is 12.7. The van der Waals surface area contributed by atoms with Crippen LogP contribution in [-0.2, 0) is 17.8 Å². The zero-order valence-electron chi connectivity index (χ0n) is 14.9. The van der Waals surface area contributed by atoms with Crippen LogP contribution in [-0.4, -0.2) is 40.3 Å². The molecule has 1 aromatic heterocycles. The maximum Gasteiger partial charge on any atom is 0.280 e. The number of thiazole rings is 1. The average Bonchev–Trinajstić information content (AvgIpc) is 2.99. The van der Waals surface area contributed by atoms with Crippen LogP contribution in [0, 0.1) is 0 Å². The third-order valence-electron chi connectivity index (χ3n) is 4.89. The Bertz CT molecular complexity index is 685. The number of allylic oxidation sites excluding steroid dienone is 1. The summed E-state index contributed by atoms with van der Waals surface area (Å²) < 4.78 is 0. The zero-order chi connectivity index (χ0) is 18.0. The minimum Gasteiger partial charge on any atom is -0.384 e. The van der Waals surface area contributed by atoms with Crippen LogP contribution in [0.15, 0.2) is 12.3 Å². The molecule has 7 heteroatoms. The van der Waals surface area contributed by atoms with E-state index in [9.17, 15) is 9.59 Å². The Morgan fingerprint density at radius 1 is 1.20 bits per heavy atom. The number of nitrogens with zero attached hydrogens (tertiary/aromatic N) is 2. The van der Waals surface area contributed by atoms with Crippen LogP contribution in [0.2, 0.25) is 0 Å². The summed E-state index contributed by atoms with van der Waals surface area (Å²) in [6.45, 7) is 8.70. The van der Waals surface area contributed by atoms with Gasteiger partial charge in [-0.25, -0.2) is 4.98 Å². The topological polar surface area (TPSA) is 74.3 Å². The second-order valence-electron chi connectivity index (χ2n) is 6.98. The first-order valence-electron chi connectivity index (χ1n) is 8.91. The van der Waals surface area contributed by atoms with Gasteiger partial charge >= 0.3 is 0 Å². The number of carbonyl (C=O) groups is 2. The highest BCUT2D eigenvalue weighted by molar-refractivity contribution is 7.13. The van der Waals surface area contributed by atoms with Crippen LogP contribution < -0.4 is 10.6 Å². The van der Waals surface area contributed by atoms with Crippen molar-refractivity contribution in [3.05, 3.63) is 27.9 Å². The fourth-order valence-corrected chi connectivity index (χ4v) is 4.61. The lowest BCUT2D eigenvalue weighted by molar-refractivity contribution is -0.129. The van der Waals surface area contributed by atoms with Gasteiger partial charge in [0.15, 0.2) is 5.01 Å². The van der Waals surface area contributed by atoms with E-state index in [1.54, 1.807) is 11.8 Å². The van der Waals surface area contributed by atoms with Crippen molar-refractivity contribution in [3.63, 3.8) is 0 Å². The van der Waals surface area contributed by atoms with Crippen LogP contribution in [0.5, 0.6) is 0 Å². The summed E-state index contributed by atoms with van der Waals surface area (Å²) in [5, 5.41) is 7.05. The molecule has 0 bridgehead atoms. The molecular formula is C18H26N4O2S. The molecule has 1 aliphatic heterocycles. The molecule has 3 rings (SSSR count). The quantitative estimate of drug-likeness (QED) is 0.861. The molecule has 2 N–H and O–H groups in total. The second-order valence-corrected chi connectivity index (χ2v) is 8.06. The number of aromatic nitrogens is 1. The molecule has 2 atom stereocenters. The van der Waals surface area contributed by atoms with Gasteiger partial charge in [-0.15, -0.1) is 11.3 Å². The molecule has 136 valence electrons. The number of nitrogens with one attached hydrogen (secondary N) is 2. The Hall–Kier alpha value is -1.89. The molecular weight excluding hydrogens is 336 g/mol. The van der Waals surface area contributed by atoms with Crippen LogP contribution in [0.4, 0.5) is 0 Å². The van der Waals surface area contributed by atoms with Gasteiger partial charge in [-0.2, -0.15) is 0 Å². The number of hydrogen-bond acceptors (Lipinski definition) is 5. The Morgan fingerprint density at radius 2 is 1.88 bits per heavy atom. The van der Waals surface area contributed by atoms with E-state index in [4.69, 9.17) is 0 Å². The summed E-state index contributed by atoms with van der Waals surface area (Å²) >= 11 is 1.41. The molecule has 0 unspecified atom stereocenters. The van der Waals surface area contributed by atoms with Gasteiger partial charge in [0, 0.05) is 42.5 Å². The summed E-state index contributed by atoms with van der Waals surface area (Å²) in [5.41, 5.74) is 1.90. The second kappa shape index (κ2) is 7.56. The van der Waals surface area contributed by atoms with Crippen molar-refractivity contribution in [2.45, 2.75) is 64.6 Å². The molecule has 1 saturated carbocycles. The van der Waals surface area contributed by atoms with E-state index in [0.717, 1.165) is 42.0 Å². The predicted octanol–water partition coefficient (Wildman–Crippen LogP) is 2.21. The van der Waals surface area contributed by atoms with Gasteiger partial charge in [-0.05, 0) is 19.8 Å². The van der Waals surface area contributed by atoms with Crippen molar-refractivity contribution in [2.75, 3.05) is 6.54 Å². The van der Waals surface area contributed by atoms with Gasteiger partial charge in [0.1, 0.15) is 0 Å². The lowest BCUT2D eigenvalue weighted by Crippen LogP contribution is -2.51. The lowest BCUT2D eigenvalue weighted by atomic mass is 9.90. The lowest BCUT2D eigenvalue weighted by Gasteiger charge is -2.33. The van der Waals surface area contributed by atoms with Gasteiger partial charge in [0.25, 0.3) is 5.91 Å². The molecule has 0 aromatic carbocycles. The summed E-state index contributed by atoms with van der Waals surface area (Å²) in [4.78, 5) is 31.6. The van der Waals surface area contributed by atoms with E-state index in [0.29, 0.717) is 18.1 Å². The smallest absolute Gasteiger partial charge is 0.280 e. The molecule has 1 aliphatic carbocycles. The first-order valence-corrected chi connectivity index (χ1v) is 9.72. The van der Waals surface area contributed by atoms with E-state index in [1.807, 2.05) is 6.92 Å². The van der Waals surface area contributed by atoms with Crippen molar-refractivity contribution in [1.29, 1.82) is 0 Å². The number of hydrogen-bond donors (Lipinski definition) is 2. The van der Waals surface area contributed by atoms with Crippen LogP contribution in [0.25, 0.3) is 0 Å². The molecule has 0 radical (unpaired) electrons. The van der Waals surface area contributed by atoms with Gasteiger partial charge < -0.3 is 15.5 Å². The zero-order valence-corrected chi connectivity index (χ0v) is 15.7. The average molecular weight is 362 g/mol. The first kappa shape index (κ1) is 17.9. The van der Waals surface area contributed by atoms with Gasteiger partial charge in [-0.1, -0.05) is 19.4 Å². The Morgan fingerprint density at radius 3 is 2.52 bits per heavy atom. The van der Waals surface area contributed by atoms with Crippen molar-refractivity contribution in [1.82, 2.24) is 20.5 Å². The molecule has 1 aromatic rings. The molecule has 1 fully saturated rings. The van der Waals surface area contributed by atoms with Crippen LogP contribution >= 0.6 is 11.3 Å². The van der Waals surface area contributed by atoms with E-state index in [2.05, 4.69) is 22.2 Å². The molecule has 25 heavy (non-hydrogen) atoms. The largest absolute Gasteiger partial charge is 0.384 e. The molecule has 0 saturated heterocycles. The third kappa shape index (κ3) is 4.21. The van der Waals surface area contributed by atoms with Gasteiger partial charge in [0.2, 0.25) is 5.91 Å². The molecule has 2 heterocycles. The van der Waals surface area contributed by atoms with Crippen molar-refractivity contribution in [3.8, 4) is 0 Å². The normalized spacial score (nSPS) is 22.9. The van der Waals surface area contributed by atoms with E-state index >= 15 is 0 Å². The monoisotopic (exact) mass is 362 g/mol. The number of rotatable bonds is 4. The van der Waals surface area contributed by atoms with E-state index in [1.165, 1.54) is 17.8 Å². The van der Waals surface area contributed by atoms with Gasteiger partial charge in [0.05, 0.1) is 12.2 Å². The summed E-state index contributed by atoms with van der Waals surface area (Å²) in [6.07, 6.45) is 5.03. The first-order chi connectivity index (χ1) is 11.9. The Kier molecular flexibility index (Phi) is 5.42. The fourth-order valence-electron chi connectivity index (χ4n) is 3.58. The van der Waals surface area contributed by atoms with Crippen LogP contribution in [0.1, 0.15) is 59.9 Å². The molecule has 2 amide bonds. The molecule has 0 spiro atoms. The van der Waals surface area contributed by atoms with Crippen molar-refractivity contribution < 1.29 is 9.59 Å². The standard InChI is InChI=1S/C18H26N4O2S/c1-11(2)19-13-6-4-5-7-14(13)20-17(24)18-21-15-8-9-22(12(3)23)10-16(15)25-18/h13-14,19H,1,4-10H2,2-3H3,(H,20,24)/t13-,14+/m0/s1. The number of amides is 2. The molecule has 6 nitrogen and oxygen atoms in total. The molecule has 2 aliphatic rings. The Balaban J connectivity index is 1.67. The van der Waals surface area contributed by atoms with Gasteiger partial charge in [-0.3, -0.25) is 9.59 Å². The Labute approximate surface area is 152 Å². The predicted molar refractivity (Wildman–Crippen MR) is 98.4 cm³/mol. The van der Waals surface area contributed by atoms with Crippen molar-refractivity contribution in [2.24, 2.45) is 0 Å². The van der Waals surface area contributed by atoms with E-state index in [-0.39, 0.29) is 23.9 Å². The highest BCUT2D eigenvalue weighted by atomic mass is 32.1. The number of carbonyl (C=O) groups excluding carboxylic acids is 2. The van der Waals surface area contributed by atoms with E-state index < -0.39 is 0 Å². The SMILES string of the molecule is C=C(C)N[C@H]1CCCC[C@H]1NC(=O)c1nc2c(s1)CN(C(C)=O)CC2. The van der Waals surface area contributed by atoms with Crippen molar-refractivity contribution >= 4 is 23.2 Å². The maximum absolute atomic E-state index is 12.7.